The van der Waals surface area contributed by atoms with Crippen molar-refractivity contribution in [1.82, 2.24) is 0 Å². The van der Waals surface area contributed by atoms with Crippen LogP contribution < -0.4 is 0 Å². The molecule has 0 spiro atoms. The summed E-state index contributed by atoms with van der Waals surface area (Å²) in [7, 11) is 0. The number of unbranched alkanes of at least 4 members (excludes halogenated alkanes) is 1. The first-order valence-corrected chi connectivity index (χ1v) is 6.99. The van der Waals surface area contributed by atoms with Gasteiger partial charge in [0.2, 0.25) is 0 Å². The Balaban J connectivity index is 2.44. The fourth-order valence-electron chi connectivity index (χ4n) is 3.09. The van der Waals surface area contributed by atoms with Gasteiger partial charge in [-0.3, -0.25) is 0 Å². The maximum atomic E-state index is 10.5. The third-order valence-corrected chi connectivity index (χ3v) is 4.11. The highest BCUT2D eigenvalue weighted by Crippen LogP contribution is 2.41. The van der Waals surface area contributed by atoms with Crippen LogP contribution in [0.4, 0.5) is 0 Å². The lowest BCUT2D eigenvalue weighted by Crippen LogP contribution is -2.10. The van der Waals surface area contributed by atoms with E-state index in [1.54, 1.807) is 0 Å². The summed E-state index contributed by atoms with van der Waals surface area (Å²) in [6.07, 6.45) is 7.00. The minimum atomic E-state index is 0.527. The second kappa shape index (κ2) is 5.12. The van der Waals surface area contributed by atoms with Gasteiger partial charge in [-0.1, -0.05) is 26.3 Å². The molecule has 1 aliphatic carbocycles. The summed E-state index contributed by atoms with van der Waals surface area (Å²) in [4.78, 5) is 0. The van der Waals surface area contributed by atoms with E-state index in [0.29, 0.717) is 11.7 Å². The average molecular weight is 232 g/mol. The number of aromatic hydroxyl groups is 1. The summed E-state index contributed by atoms with van der Waals surface area (Å²) in [6.45, 7) is 6.65. The lowest BCUT2D eigenvalue weighted by atomic mass is 9.79. The Morgan fingerprint density at radius 2 is 2.18 bits per heavy atom. The van der Waals surface area contributed by atoms with Crippen LogP contribution in [0.5, 0.6) is 5.75 Å². The van der Waals surface area contributed by atoms with Gasteiger partial charge in [0.25, 0.3) is 0 Å². The van der Waals surface area contributed by atoms with Crippen LogP contribution in [0.25, 0.3) is 0 Å². The SMILES string of the molecule is CCCCc1cc(C)c2c(c1O)C(C)CCC2. The first-order chi connectivity index (χ1) is 8.15. The van der Waals surface area contributed by atoms with Crippen LogP contribution in [-0.4, -0.2) is 5.11 Å². The van der Waals surface area contributed by atoms with Crippen LogP contribution >= 0.6 is 0 Å². The molecule has 0 aliphatic heterocycles. The highest BCUT2D eigenvalue weighted by Gasteiger charge is 2.23. The normalized spacial score (nSPS) is 19.1. The molecule has 0 fully saturated rings. The molecule has 0 bridgehead atoms. The van der Waals surface area contributed by atoms with Crippen molar-refractivity contribution in [3.8, 4) is 5.75 Å². The van der Waals surface area contributed by atoms with Crippen LogP contribution in [0, 0.1) is 6.92 Å². The predicted molar refractivity (Wildman–Crippen MR) is 72.8 cm³/mol. The molecule has 0 saturated carbocycles. The Bertz CT molecular complexity index is 406. The van der Waals surface area contributed by atoms with Gasteiger partial charge in [0.1, 0.15) is 5.75 Å². The summed E-state index contributed by atoms with van der Waals surface area (Å²) in [5.74, 6) is 1.13. The van der Waals surface area contributed by atoms with E-state index in [1.807, 2.05) is 0 Å². The van der Waals surface area contributed by atoms with E-state index in [9.17, 15) is 5.11 Å². The van der Waals surface area contributed by atoms with Crippen LogP contribution in [0.1, 0.15) is 67.7 Å². The van der Waals surface area contributed by atoms with Gasteiger partial charge in [-0.2, -0.15) is 0 Å². The van der Waals surface area contributed by atoms with Gasteiger partial charge in [-0.15, -0.1) is 0 Å². The van der Waals surface area contributed by atoms with Crippen LogP contribution in [0.15, 0.2) is 6.07 Å². The molecule has 1 unspecified atom stereocenters. The van der Waals surface area contributed by atoms with Gasteiger partial charge in [0.05, 0.1) is 0 Å². The number of hydrogen-bond acceptors (Lipinski definition) is 1. The lowest BCUT2D eigenvalue weighted by molar-refractivity contribution is 0.443. The van der Waals surface area contributed by atoms with Crippen molar-refractivity contribution in [2.75, 3.05) is 0 Å². The fraction of sp³-hybridized carbons (Fsp3) is 0.625. The van der Waals surface area contributed by atoms with Gasteiger partial charge in [-0.05, 0) is 61.6 Å². The van der Waals surface area contributed by atoms with Crippen molar-refractivity contribution in [2.45, 2.75) is 65.2 Å². The maximum absolute atomic E-state index is 10.5. The van der Waals surface area contributed by atoms with Gasteiger partial charge < -0.3 is 5.11 Å². The van der Waals surface area contributed by atoms with Crippen molar-refractivity contribution >= 4 is 0 Å². The molecule has 0 amide bonds. The third kappa shape index (κ3) is 2.34. The van der Waals surface area contributed by atoms with E-state index in [1.165, 1.54) is 42.4 Å². The highest BCUT2D eigenvalue weighted by atomic mass is 16.3. The minimum absolute atomic E-state index is 0.527. The largest absolute Gasteiger partial charge is 0.507 e. The molecule has 1 heteroatoms. The van der Waals surface area contributed by atoms with Crippen LogP contribution in [-0.2, 0) is 12.8 Å². The molecule has 1 N–H and O–H groups in total. The minimum Gasteiger partial charge on any atom is -0.507 e. The molecule has 0 radical (unpaired) electrons. The molecule has 17 heavy (non-hydrogen) atoms. The zero-order chi connectivity index (χ0) is 12.4. The third-order valence-electron chi connectivity index (χ3n) is 4.11. The molecule has 1 aromatic carbocycles. The van der Waals surface area contributed by atoms with Crippen molar-refractivity contribution < 1.29 is 5.11 Å². The second-order valence-corrected chi connectivity index (χ2v) is 5.49. The summed E-state index contributed by atoms with van der Waals surface area (Å²) in [5.41, 5.74) is 5.22. The van der Waals surface area contributed by atoms with E-state index in [2.05, 4.69) is 26.8 Å². The molecule has 0 aromatic heterocycles. The Labute approximate surface area is 105 Å². The molecule has 0 heterocycles. The molecule has 2 rings (SSSR count). The van der Waals surface area contributed by atoms with Crippen LogP contribution in [0.2, 0.25) is 0 Å². The number of hydrogen-bond donors (Lipinski definition) is 1. The Morgan fingerprint density at radius 3 is 2.88 bits per heavy atom. The average Bonchev–Trinajstić information content (AvgIpc) is 2.32. The smallest absolute Gasteiger partial charge is 0.122 e. The van der Waals surface area contributed by atoms with Crippen molar-refractivity contribution in [1.29, 1.82) is 0 Å². The first kappa shape index (κ1) is 12.5. The zero-order valence-electron chi connectivity index (χ0n) is 11.3. The number of rotatable bonds is 3. The number of fused-ring (bicyclic) bond motifs is 1. The summed E-state index contributed by atoms with van der Waals surface area (Å²) < 4.78 is 0. The Hall–Kier alpha value is -0.980. The highest BCUT2D eigenvalue weighted by molar-refractivity contribution is 5.52. The van der Waals surface area contributed by atoms with Crippen molar-refractivity contribution in [3.05, 3.63) is 28.3 Å². The van der Waals surface area contributed by atoms with Crippen molar-refractivity contribution in [2.24, 2.45) is 0 Å². The maximum Gasteiger partial charge on any atom is 0.122 e. The van der Waals surface area contributed by atoms with Gasteiger partial charge in [-0.25, -0.2) is 0 Å². The number of phenolic OH excluding ortho intramolecular Hbond substituents is 1. The Morgan fingerprint density at radius 1 is 1.41 bits per heavy atom. The molecular weight excluding hydrogens is 208 g/mol. The van der Waals surface area contributed by atoms with Crippen molar-refractivity contribution in [3.63, 3.8) is 0 Å². The monoisotopic (exact) mass is 232 g/mol. The number of aryl methyl sites for hydroxylation is 2. The van der Waals surface area contributed by atoms with Gasteiger partial charge in [0, 0.05) is 5.56 Å². The molecule has 94 valence electrons. The van der Waals surface area contributed by atoms with Gasteiger partial charge in [0.15, 0.2) is 0 Å². The van der Waals surface area contributed by atoms with E-state index >= 15 is 0 Å². The number of benzene rings is 1. The summed E-state index contributed by atoms with van der Waals surface area (Å²) >= 11 is 0. The topological polar surface area (TPSA) is 20.2 Å². The predicted octanol–water partition coefficient (Wildman–Crippen LogP) is 4.48. The van der Waals surface area contributed by atoms with E-state index in [-0.39, 0.29) is 0 Å². The van der Waals surface area contributed by atoms with E-state index in [4.69, 9.17) is 0 Å². The van der Waals surface area contributed by atoms with E-state index in [0.717, 1.165) is 18.4 Å². The second-order valence-electron chi connectivity index (χ2n) is 5.49. The summed E-state index contributed by atoms with van der Waals surface area (Å²) in [5, 5.41) is 10.5. The first-order valence-electron chi connectivity index (χ1n) is 6.99. The molecular formula is C16H24O. The van der Waals surface area contributed by atoms with Crippen LogP contribution in [0.3, 0.4) is 0 Å². The molecule has 1 aromatic rings. The molecule has 1 atom stereocenters. The zero-order valence-corrected chi connectivity index (χ0v) is 11.3. The Kier molecular flexibility index (Phi) is 3.76. The molecule has 0 saturated heterocycles. The number of phenols is 1. The quantitative estimate of drug-likeness (QED) is 0.814. The lowest BCUT2D eigenvalue weighted by Gasteiger charge is -2.26. The molecule has 1 nitrogen and oxygen atoms in total. The van der Waals surface area contributed by atoms with E-state index < -0.39 is 0 Å². The summed E-state index contributed by atoms with van der Waals surface area (Å²) in [6, 6.07) is 2.21. The standard InChI is InChI=1S/C16H24O/c1-4-5-8-13-10-12(3)14-9-6-7-11(2)15(14)16(13)17/h10-11,17H,4-9H2,1-3H3. The van der Waals surface area contributed by atoms with Gasteiger partial charge >= 0.3 is 0 Å². The molecule has 1 aliphatic rings. The fourth-order valence-corrected chi connectivity index (χ4v) is 3.09.